The van der Waals surface area contributed by atoms with Crippen LogP contribution in [0.25, 0.3) is 0 Å². The van der Waals surface area contributed by atoms with Gasteiger partial charge in [-0.05, 0) is 36.6 Å². The highest BCUT2D eigenvalue weighted by Crippen LogP contribution is 2.33. The molecule has 0 saturated carbocycles. The minimum absolute atomic E-state index is 0.390. The molecule has 3 rings (SSSR count). The van der Waals surface area contributed by atoms with Crippen LogP contribution >= 0.6 is 0 Å². The molecule has 0 bridgehead atoms. The monoisotopic (exact) mass is 315 g/mol. The molecule has 4 heteroatoms. The third-order valence-electron chi connectivity index (χ3n) is 4.36. The van der Waals surface area contributed by atoms with Crippen LogP contribution in [0.3, 0.4) is 0 Å². The number of hydrogen-bond acceptors (Lipinski definition) is 3. The van der Waals surface area contributed by atoms with Crippen molar-refractivity contribution in [2.24, 2.45) is 0 Å². The Morgan fingerprint density at radius 1 is 1.09 bits per heavy atom. The maximum Gasteiger partial charge on any atom is 0.175 e. The molecule has 0 amide bonds. The molecule has 0 radical (unpaired) electrons. The fourth-order valence-electron chi connectivity index (χ4n) is 2.92. The van der Waals surface area contributed by atoms with Gasteiger partial charge in [-0.2, -0.15) is 0 Å². The third-order valence-corrected chi connectivity index (χ3v) is 5.49. The Morgan fingerprint density at radius 2 is 1.73 bits per heavy atom. The van der Waals surface area contributed by atoms with Gasteiger partial charge < -0.3 is 0 Å². The quantitative estimate of drug-likeness (QED) is 0.796. The van der Waals surface area contributed by atoms with Crippen molar-refractivity contribution in [2.75, 3.05) is 12.8 Å². The average molecular weight is 315 g/mol. The van der Waals surface area contributed by atoms with Crippen LogP contribution in [0.4, 0.5) is 0 Å². The fourth-order valence-corrected chi connectivity index (χ4v) is 3.55. The van der Waals surface area contributed by atoms with Crippen LogP contribution in [0, 0.1) is 0 Å². The molecule has 1 aliphatic heterocycles. The molecule has 1 heterocycles. The van der Waals surface area contributed by atoms with E-state index < -0.39 is 9.84 Å². The van der Waals surface area contributed by atoms with Gasteiger partial charge in [0.25, 0.3) is 0 Å². The summed E-state index contributed by atoms with van der Waals surface area (Å²) in [5.74, 6) is 0. The van der Waals surface area contributed by atoms with E-state index in [1.54, 1.807) is 12.1 Å². The summed E-state index contributed by atoms with van der Waals surface area (Å²) in [6.07, 6.45) is 2.22. The molecule has 0 N–H and O–H groups in total. The summed E-state index contributed by atoms with van der Waals surface area (Å²) in [5, 5.41) is 0. The van der Waals surface area contributed by atoms with Crippen LogP contribution in [0.5, 0.6) is 0 Å². The van der Waals surface area contributed by atoms with Gasteiger partial charge in [-0.1, -0.05) is 42.5 Å². The predicted molar refractivity (Wildman–Crippen MR) is 88.6 cm³/mol. The largest absolute Gasteiger partial charge is 0.290 e. The molecule has 116 valence electrons. The van der Waals surface area contributed by atoms with Gasteiger partial charge in [-0.3, -0.25) is 4.90 Å². The second-order valence-corrected chi connectivity index (χ2v) is 8.07. The van der Waals surface area contributed by atoms with E-state index in [4.69, 9.17) is 0 Å². The first-order valence-corrected chi connectivity index (χ1v) is 9.44. The first-order valence-electron chi connectivity index (χ1n) is 7.55. The molecule has 0 aromatic heterocycles. The topological polar surface area (TPSA) is 37.1 Å². The van der Waals surface area contributed by atoms with E-state index in [1.165, 1.54) is 17.4 Å². The van der Waals surface area contributed by atoms with Crippen molar-refractivity contribution in [3.63, 3.8) is 0 Å². The van der Waals surface area contributed by atoms with Crippen LogP contribution in [0.15, 0.2) is 59.5 Å². The SMILES string of the molecule is CC(c1ccccc1)N1CC1Cc1ccc(S(C)(=O)=O)cc1. The number of rotatable bonds is 5. The second-order valence-electron chi connectivity index (χ2n) is 6.06. The summed E-state index contributed by atoms with van der Waals surface area (Å²) in [5.41, 5.74) is 2.54. The minimum Gasteiger partial charge on any atom is -0.290 e. The molecule has 0 spiro atoms. The molecule has 1 saturated heterocycles. The molecule has 3 nitrogen and oxygen atoms in total. The van der Waals surface area contributed by atoms with E-state index in [2.05, 4.69) is 36.1 Å². The van der Waals surface area contributed by atoms with Crippen molar-refractivity contribution in [1.82, 2.24) is 4.90 Å². The summed E-state index contributed by atoms with van der Waals surface area (Å²) in [7, 11) is -3.10. The van der Waals surface area contributed by atoms with E-state index >= 15 is 0 Å². The summed E-state index contributed by atoms with van der Waals surface area (Å²) >= 11 is 0. The van der Waals surface area contributed by atoms with Crippen LogP contribution in [0.2, 0.25) is 0 Å². The molecular formula is C18H21NO2S. The molecule has 1 fully saturated rings. The number of sulfone groups is 1. The fraction of sp³-hybridized carbons (Fsp3) is 0.333. The van der Waals surface area contributed by atoms with E-state index in [9.17, 15) is 8.42 Å². The normalized spacial score (nSPS) is 22.3. The van der Waals surface area contributed by atoms with E-state index in [0.717, 1.165) is 13.0 Å². The Morgan fingerprint density at radius 3 is 2.32 bits per heavy atom. The molecule has 2 aromatic carbocycles. The molecule has 0 aliphatic carbocycles. The summed E-state index contributed by atoms with van der Waals surface area (Å²) < 4.78 is 22.9. The van der Waals surface area contributed by atoms with Gasteiger partial charge in [0, 0.05) is 24.9 Å². The summed E-state index contributed by atoms with van der Waals surface area (Å²) in [6, 6.07) is 18.8. The minimum atomic E-state index is -3.10. The first-order chi connectivity index (χ1) is 10.4. The Kier molecular flexibility index (Phi) is 4.06. The van der Waals surface area contributed by atoms with Gasteiger partial charge in [0.05, 0.1) is 4.90 Å². The molecule has 22 heavy (non-hydrogen) atoms. The Bertz CT molecular complexity index is 738. The Balaban J connectivity index is 1.62. The third kappa shape index (κ3) is 3.39. The van der Waals surface area contributed by atoms with Crippen molar-refractivity contribution in [3.8, 4) is 0 Å². The molecule has 3 atom stereocenters. The average Bonchev–Trinajstić information content (AvgIpc) is 3.26. The van der Waals surface area contributed by atoms with Crippen molar-refractivity contribution in [2.45, 2.75) is 30.3 Å². The van der Waals surface area contributed by atoms with Crippen molar-refractivity contribution < 1.29 is 8.42 Å². The second kappa shape index (κ2) is 5.86. The lowest BCUT2D eigenvalue weighted by atomic mass is 10.1. The predicted octanol–water partition coefficient (Wildman–Crippen LogP) is 3.08. The molecule has 3 unspecified atom stereocenters. The van der Waals surface area contributed by atoms with Gasteiger partial charge in [0.1, 0.15) is 0 Å². The van der Waals surface area contributed by atoms with Gasteiger partial charge in [-0.25, -0.2) is 8.42 Å². The van der Waals surface area contributed by atoms with Crippen LogP contribution in [-0.2, 0) is 16.3 Å². The van der Waals surface area contributed by atoms with E-state index in [-0.39, 0.29) is 0 Å². The molecular weight excluding hydrogens is 294 g/mol. The number of nitrogens with zero attached hydrogens (tertiary/aromatic N) is 1. The Labute approximate surface area is 132 Å². The lowest BCUT2D eigenvalue weighted by Crippen LogP contribution is -2.10. The number of benzene rings is 2. The van der Waals surface area contributed by atoms with E-state index in [0.29, 0.717) is 17.0 Å². The van der Waals surface area contributed by atoms with Crippen LogP contribution in [0.1, 0.15) is 24.1 Å². The zero-order valence-electron chi connectivity index (χ0n) is 12.9. The smallest absolute Gasteiger partial charge is 0.175 e. The van der Waals surface area contributed by atoms with Gasteiger partial charge in [0.15, 0.2) is 9.84 Å². The highest BCUT2D eigenvalue weighted by molar-refractivity contribution is 7.90. The highest BCUT2D eigenvalue weighted by atomic mass is 32.2. The maximum absolute atomic E-state index is 11.5. The highest BCUT2D eigenvalue weighted by Gasteiger charge is 2.37. The first kappa shape index (κ1) is 15.3. The Hall–Kier alpha value is -1.65. The van der Waals surface area contributed by atoms with Gasteiger partial charge in [0.2, 0.25) is 0 Å². The van der Waals surface area contributed by atoms with Crippen molar-refractivity contribution in [3.05, 3.63) is 65.7 Å². The van der Waals surface area contributed by atoms with Gasteiger partial charge in [-0.15, -0.1) is 0 Å². The summed E-state index contributed by atoms with van der Waals surface area (Å²) in [6.45, 7) is 3.34. The zero-order chi connectivity index (χ0) is 15.7. The van der Waals surface area contributed by atoms with Crippen LogP contribution in [-0.4, -0.2) is 32.2 Å². The van der Waals surface area contributed by atoms with E-state index in [1.807, 2.05) is 18.2 Å². The lowest BCUT2D eigenvalue weighted by Gasteiger charge is -2.14. The summed E-state index contributed by atoms with van der Waals surface area (Å²) in [4.78, 5) is 2.86. The standard InChI is InChI=1S/C18H21NO2S/c1-14(16-6-4-3-5-7-16)19-13-17(19)12-15-8-10-18(11-9-15)22(2,20)21/h3-11,14,17H,12-13H2,1-2H3. The van der Waals surface area contributed by atoms with Crippen LogP contribution < -0.4 is 0 Å². The number of hydrogen-bond donors (Lipinski definition) is 0. The van der Waals surface area contributed by atoms with Crippen molar-refractivity contribution in [1.29, 1.82) is 0 Å². The van der Waals surface area contributed by atoms with Crippen molar-refractivity contribution >= 4 is 9.84 Å². The maximum atomic E-state index is 11.5. The molecule has 1 aliphatic rings. The van der Waals surface area contributed by atoms with Gasteiger partial charge >= 0.3 is 0 Å². The zero-order valence-corrected chi connectivity index (χ0v) is 13.8. The molecule has 2 aromatic rings. The lowest BCUT2D eigenvalue weighted by molar-refractivity contribution is 0.405.